The van der Waals surface area contributed by atoms with Gasteiger partial charge in [-0.15, -0.1) is 5.10 Å². The van der Waals surface area contributed by atoms with Gasteiger partial charge in [-0.3, -0.25) is 5.10 Å². The lowest BCUT2D eigenvalue weighted by Crippen LogP contribution is -2.15. The molecule has 2 aromatic heterocycles. The number of nitrogens with one attached hydrogen (secondary N) is 1. The number of aromatic amines is 1. The Hall–Kier alpha value is -3.97. The van der Waals surface area contributed by atoms with Gasteiger partial charge in [0.25, 0.3) is 0 Å². The van der Waals surface area contributed by atoms with Crippen LogP contribution in [0.25, 0.3) is 28.1 Å². The number of ether oxygens (including phenoxy) is 1. The topological polar surface area (TPSA) is 88.1 Å². The summed E-state index contributed by atoms with van der Waals surface area (Å²) in [6.45, 7) is 0. The summed E-state index contributed by atoms with van der Waals surface area (Å²) in [7, 11) is 1.52. The number of pyridine rings is 1. The lowest BCUT2D eigenvalue weighted by molar-refractivity contribution is -0.131. The van der Waals surface area contributed by atoms with Crippen LogP contribution in [0, 0.1) is 11.9 Å². The lowest BCUT2D eigenvalue weighted by atomic mass is 9.73. The van der Waals surface area contributed by atoms with Crippen LogP contribution in [-0.4, -0.2) is 33.4 Å². The number of allylic oxidation sites excluding steroid dienone is 1. The molecular formula is C28H23ClFN3O3. The van der Waals surface area contributed by atoms with Crippen molar-refractivity contribution < 1.29 is 19.0 Å². The first-order chi connectivity index (χ1) is 17.4. The minimum absolute atomic E-state index is 0.280. The quantitative estimate of drug-likeness (QED) is 0.277. The second-order valence-electron chi connectivity index (χ2n) is 8.70. The molecule has 1 saturated carbocycles. The number of aliphatic carboxylic acids is 1. The zero-order valence-corrected chi connectivity index (χ0v) is 20.2. The number of carboxylic acid groups (broad SMARTS) is 1. The van der Waals surface area contributed by atoms with Crippen molar-refractivity contribution >= 4 is 45.7 Å². The van der Waals surface area contributed by atoms with Crippen LogP contribution in [0.4, 0.5) is 4.39 Å². The molecule has 5 rings (SSSR count). The average Bonchev–Trinajstić information content (AvgIpc) is 3.22. The Morgan fingerprint density at radius 2 is 1.89 bits per heavy atom. The molecule has 0 aliphatic heterocycles. The maximum atomic E-state index is 14.4. The summed E-state index contributed by atoms with van der Waals surface area (Å²) in [6, 6.07) is 15.1. The third kappa shape index (κ3) is 4.62. The minimum atomic E-state index is -1.01. The summed E-state index contributed by atoms with van der Waals surface area (Å²) in [4.78, 5) is 15.3. The number of carbonyl (C=O) groups is 1. The van der Waals surface area contributed by atoms with Gasteiger partial charge in [0.05, 0.1) is 18.0 Å². The van der Waals surface area contributed by atoms with E-state index in [2.05, 4.69) is 15.2 Å². The normalized spacial score (nSPS) is 14.6. The average molecular weight is 504 g/mol. The molecule has 0 radical (unpaired) electrons. The van der Waals surface area contributed by atoms with E-state index >= 15 is 0 Å². The third-order valence-corrected chi connectivity index (χ3v) is 6.79. The van der Waals surface area contributed by atoms with Crippen LogP contribution in [0.1, 0.15) is 41.5 Å². The van der Waals surface area contributed by atoms with Gasteiger partial charge < -0.3 is 9.84 Å². The van der Waals surface area contributed by atoms with Crippen molar-refractivity contribution in [1.82, 2.24) is 15.2 Å². The first-order valence-electron chi connectivity index (χ1n) is 11.5. The highest BCUT2D eigenvalue weighted by molar-refractivity contribution is 6.32. The van der Waals surface area contributed by atoms with Gasteiger partial charge in [0, 0.05) is 12.3 Å². The number of carboxylic acids is 1. The zero-order chi connectivity index (χ0) is 25.2. The largest absolute Gasteiger partial charge is 0.480 e. The Bertz CT molecular complexity index is 1500. The number of aromatic nitrogens is 3. The molecule has 0 atom stereocenters. The molecule has 4 aromatic rings. The van der Waals surface area contributed by atoms with Crippen LogP contribution in [0.3, 0.4) is 0 Å². The molecule has 0 saturated heterocycles. The number of hydrogen-bond donors (Lipinski definition) is 2. The fraction of sp³-hybridized carbons (Fsp3) is 0.179. The van der Waals surface area contributed by atoms with Crippen LogP contribution in [0.2, 0.25) is 5.02 Å². The number of hydrogen-bond acceptors (Lipinski definition) is 4. The standard InChI is InChI=1S/C28H23ClFN3O3/c1-36-28-22(29)14-20(15-31-28)26(17-3-2-4-17)25(18-8-5-16(6-9-18)7-12-24(34)35)19-10-11-23-21(13-19)27(30)33-32-23/h5-15,17H,2-4H2,1H3,(H,32,33)(H,34,35). The number of rotatable bonds is 7. The van der Waals surface area contributed by atoms with E-state index < -0.39 is 11.9 Å². The molecule has 2 aromatic carbocycles. The molecule has 8 heteroatoms. The molecular weight excluding hydrogens is 481 g/mol. The van der Waals surface area contributed by atoms with E-state index in [1.54, 1.807) is 18.3 Å². The maximum absolute atomic E-state index is 14.4. The molecule has 1 fully saturated rings. The van der Waals surface area contributed by atoms with Crippen molar-refractivity contribution in [2.45, 2.75) is 19.3 Å². The van der Waals surface area contributed by atoms with Crippen molar-refractivity contribution in [1.29, 1.82) is 0 Å². The van der Waals surface area contributed by atoms with Crippen molar-refractivity contribution in [3.8, 4) is 5.88 Å². The summed E-state index contributed by atoms with van der Waals surface area (Å²) in [6.07, 6.45) is 7.56. The van der Waals surface area contributed by atoms with E-state index in [1.807, 2.05) is 42.5 Å². The molecule has 36 heavy (non-hydrogen) atoms. The van der Waals surface area contributed by atoms with Gasteiger partial charge in [-0.1, -0.05) is 48.4 Å². The van der Waals surface area contributed by atoms with Crippen molar-refractivity contribution in [3.63, 3.8) is 0 Å². The van der Waals surface area contributed by atoms with Gasteiger partial charge in [0.2, 0.25) is 11.8 Å². The molecule has 6 nitrogen and oxygen atoms in total. The second-order valence-corrected chi connectivity index (χ2v) is 9.11. The Kier molecular flexibility index (Phi) is 6.57. The highest BCUT2D eigenvalue weighted by Gasteiger charge is 2.28. The summed E-state index contributed by atoms with van der Waals surface area (Å²) in [5.74, 6) is -0.930. The monoisotopic (exact) mass is 503 g/mol. The summed E-state index contributed by atoms with van der Waals surface area (Å²) in [5, 5.41) is 16.2. The molecule has 0 spiro atoms. The molecule has 0 unspecified atom stereocenters. The minimum Gasteiger partial charge on any atom is -0.480 e. The summed E-state index contributed by atoms with van der Waals surface area (Å²) in [5.41, 5.74) is 6.03. The number of nitrogens with zero attached hydrogens (tertiary/aromatic N) is 2. The van der Waals surface area contributed by atoms with E-state index in [0.29, 0.717) is 21.8 Å². The summed E-state index contributed by atoms with van der Waals surface area (Å²) >= 11 is 6.47. The number of methoxy groups -OCH3 is 1. The van der Waals surface area contributed by atoms with Gasteiger partial charge in [-0.2, -0.15) is 4.39 Å². The first kappa shape index (κ1) is 23.8. The van der Waals surface area contributed by atoms with Gasteiger partial charge in [0.15, 0.2) is 0 Å². The van der Waals surface area contributed by atoms with E-state index in [-0.39, 0.29) is 5.92 Å². The van der Waals surface area contributed by atoms with Crippen LogP contribution in [-0.2, 0) is 4.79 Å². The molecule has 2 heterocycles. The van der Waals surface area contributed by atoms with Crippen LogP contribution >= 0.6 is 11.6 Å². The van der Waals surface area contributed by atoms with Crippen molar-refractivity contribution in [2.75, 3.05) is 7.11 Å². The Morgan fingerprint density at radius 1 is 1.14 bits per heavy atom. The Morgan fingerprint density at radius 3 is 2.53 bits per heavy atom. The van der Waals surface area contributed by atoms with Crippen molar-refractivity contribution in [2.24, 2.45) is 5.92 Å². The Labute approximate surface area is 212 Å². The second kappa shape index (κ2) is 9.95. The SMILES string of the molecule is COc1ncc(C(=C(c2ccc(C=CC(=O)O)cc2)c2ccc3[nH]nc(F)c3c2)C2CCC2)cc1Cl. The highest BCUT2D eigenvalue weighted by Crippen LogP contribution is 2.46. The number of H-pyrrole nitrogens is 1. The van der Waals surface area contributed by atoms with Crippen LogP contribution < -0.4 is 4.74 Å². The lowest BCUT2D eigenvalue weighted by Gasteiger charge is -2.31. The van der Waals surface area contributed by atoms with Gasteiger partial charge in [0.1, 0.15) is 5.02 Å². The summed E-state index contributed by atoms with van der Waals surface area (Å²) < 4.78 is 19.7. The van der Waals surface area contributed by atoms with E-state index in [9.17, 15) is 9.18 Å². The fourth-order valence-electron chi connectivity index (χ4n) is 4.55. The first-order valence-corrected chi connectivity index (χ1v) is 11.9. The maximum Gasteiger partial charge on any atom is 0.328 e. The van der Waals surface area contributed by atoms with E-state index in [4.69, 9.17) is 21.4 Å². The van der Waals surface area contributed by atoms with E-state index in [1.165, 1.54) is 7.11 Å². The predicted octanol–water partition coefficient (Wildman–Crippen LogP) is 6.62. The van der Waals surface area contributed by atoms with E-state index in [0.717, 1.165) is 58.7 Å². The van der Waals surface area contributed by atoms with Gasteiger partial charge in [-0.25, -0.2) is 9.78 Å². The van der Waals surface area contributed by atoms with Crippen LogP contribution in [0.5, 0.6) is 5.88 Å². The molecule has 2 N–H and O–H groups in total. The molecule has 0 bridgehead atoms. The molecule has 182 valence electrons. The molecule has 1 aliphatic carbocycles. The predicted molar refractivity (Wildman–Crippen MR) is 138 cm³/mol. The molecule has 0 amide bonds. The van der Waals surface area contributed by atoms with Gasteiger partial charge in [-0.05, 0) is 76.4 Å². The number of fused-ring (bicyclic) bond motifs is 1. The van der Waals surface area contributed by atoms with Crippen molar-refractivity contribution in [3.05, 3.63) is 94.0 Å². The smallest absolute Gasteiger partial charge is 0.328 e. The van der Waals surface area contributed by atoms with Crippen LogP contribution in [0.15, 0.2) is 60.8 Å². The zero-order valence-electron chi connectivity index (χ0n) is 19.5. The van der Waals surface area contributed by atoms with Gasteiger partial charge >= 0.3 is 5.97 Å². The number of halogens is 2. The highest BCUT2D eigenvalue weighted by atomic mass is 35.5. The Balaban J connectivity index is 1.75. The molecule has 1 aliphatic rings. The number of benzene rings is 2. The third-order valence-electron chi connectivity index (χ3n) is 6.52. The fourth-order valence-corrected chi connectivity index (χ4v) is 4.79.